The molecule has 152 valence electrons. The highest BCUT2D eigenvalue weighted by atomic mass is 35.5. The first-order chi connectivity index (χ1) is 14.1. The summed E-state index contributed by atoms with van der Waals surface area (Å²) < 4.78 is 5.19. The Balaban J connectivity index is 1.75. The van der Waals surface area contributed by atoms with Crippen LogP contribution in [0.4, 0.5) is 10.5 Å². The van der Waals surface area contributed by atoms with E-state index < -0.39 is 6.04 Å². The molecule has 0 fully saturated rings. The smallest absolute Gasteiger partial charge is 0.319 e. The lowest BCUT2D eigenvalue weighted by molar-refractivity contribution is 0.247. The Morgan fingerprint density at radius 3 is 2.59 bits per heavy atom. The minimum absolute atomic E-state index is 0.0677. The molecule has 2 amide bonds. The highest BCUT2D eigenvalue weighted by Gasteiger charge is 2.19. The van der Waals surface area contributed by atoms with E-state index in [-0.39, 0.29) is 19.2 Å². The van der Waals surface area contributed by atoms with Crippen LogP contribution in [-0.2, 0) is 13.0 Å². The third-order valence-corrected chi connectivity index (χ3v) is 4.47. The number of aliphatic hydroxyl groups excluding tert-OH is 1. The lowest BCUT2D eigenvalue weighted by atomic mass is 10.0. The van der Waals surface area contributed by atoms with Gasteiger partial charge in [0.2, 0.25) is 0 Å². The largest absolute Gasteiger partial charge is 0.497 e. The average Bonchev–Trinajstić information content (AvgIpc) is 3.19. The van der Waals surface area contributed by atoms with Gasteiger partial charge in [-0.2, -0.15) is 15.0 Å². The number of ether oxygens (including phenoxy) is 1. The van der Waals surface area contributed by atoms with Crippen LogP contribution in [-0.4, -0.2) is 39.8 Å². The van der Waals surface area contributed by atoms with Gasteiger partial charge in [0, 0.05) is 10.7 Å². The standard InChI is InChI=1S/C20H22ClN5O3/c1-29-17-8-2-14(3-9-17)12-18(19-13-22-26(25-19)10-11-27)24-20(28)23-16-6-4-15(21)5-7-16/h2-9,13,18,27H,10-12H2,1H3,(H2,23,24,28). The van der Waals surface area contributed by atoms with Crippen LogP contribution in [0, 0.1) is 0 Å². The molecule has 3 rings (SSSR count). The number of rotatable bonds is 8. The maximum atomic E-state index is 12.5. The van der Waals surface area contributed by atoms with E-state index >= 15 is 0 Å². The Hall–Kier alpha value is -3.10. The Morgan fingerprint density at radius 1 is 1.21 bits per heavy atom. The minimum atomic E-state index is -0.414. The molecule has 0 aliphatic rings. The molecule has 1 aromatic heterocycles. The maximum absolute atomic E-state index is 12.5. The summed E-state index contributed by atoms with van der Waals surface area (Å²) in [6, 6.07) is 13.7. The van der Waals surface area contributed by atoms with Gasteiger partial charge >= 0.3 is 6.03 Å². The van der Waals surface area contributed by atoms with Crippen LogP contribution in [0.5, 0.6) is 5.75 Å². The van der Waals surface area contributed by atoms with Crippen LogP contribution in [0.25, 0.3) is 0 Å². The molecule has 0 saturated carbocycles. The molecule has 0 saturated heterocycles. The van der Waals surface area contributed by atoms with E-state index in [4.69, 9.17) is 21.4 Å². The summed E-state index contributed by atoms with van der Waals surface area (Å²) >= 11 is 5.88. The molecule has 3 aromatic rings. The molecule has 2 aromatic carbocycles. The Bertz CT molecular complexity index is 928. The lowest BCUT2D eigenvalue weighted by Gasteiger charge is -2.17. The van der Waals surface area contributed by atoms with E-state index in [1.807, 2.05) is 24.3 Å². The molecule has 8 nitrogen and oxygen atoms in total. The van der Waals surface area contributed by atoms with Crippen molar-refractivity contribution in [2.75, 3.05) is 19.0 Å². The predicted molar refractivity (Wildman–Crippen MR) is 110 cm³/mol. The van der Waals surface area contributed by atoms with Crippen LogP contribution in [0.15, 0.2) is 54.7 Å². The zero-order valence-corrected chi connectivity index (χ0v) is 16.6. The molecule has 0 bridgehead atoms. The number of hydrogen-bond donors (Lipinski definition) is 3. The van der Waals surface area contributed by atoms with Crippen molar-refractivity contribution in [2.24, 2.45) is 0 Å². The van der Waals surface area contributed by atoms with E-state index in [2.05, 4.69) is 20.8 Å². The van der Waals surface area contributed by atoms with Crippen molar-refractivity contribution in [2.45, 2.75) is 19.0 Å². The predicted octanol–water partition coefficient (Wildman–Crippen LogP) is 3.04. The minimum Gasteiger partial charge on any atom is -0.497 e. The van der Waals surface area contributed by atoms with Gasteiger partial charge in [0.25, 0.3) is 0 Å². The van der Waals surface area contributed by atoms with E-state index in [0.717, 1.165) is 11.3 Å². The SMILES string of the molecule is COc1ccc(CC(NC(=O)Nc2ccc(Cl)cc2)c2cnn(CCO)n2)cc1. The number of nitrogens with zero attached hydrogens (tertiary/aromatic N) is 3. The highest BCUT2D eigenvalue weighted by Crippen LogP contribution is 2.20. The van der Waals surface area contributed by atoms with Gasteiger partial charge in [0.15, 0.2) is 0 Å². The van der Waals surface area contributed by atoms with Crippen molar-refractivity contribution in [3.8, 4) is 5.75 Å². The molecule has 1 unspecified atom stereocenters. The van der Waals surface area contributed by atoms with Crippen LogP contribution in [0.3, 0.4) is 0 Å². The summed E-state index contributed by atoms with van der Waals surface area (Å²) in [6.07, 6.45) is 2.10. The van der Waals surface area contributed by atoms with Gasteiger partial charge in [-0.25, -0.2) is 4.79 Å². The zero-order valence-electron chi connectivity index (χ0n) is 15.9. The maximum Gasteiger partial charge on any atom is 0.319 e. The van der Waals surface area contributed by atoms with E-state index in [1.54, 1.807) is 37.6 Å². The lowest BCUT2D eigenvalue weighted by Crippen LogP contribution is -2.34. The third-order valence-electron chi connectivity index (χ3n) is 4.22. The van der Waals surface area contributed by atoms with Gasteiger partial charge in [-0.1, -0.05) is 23.7 Å². The fourth-order valence-corrected chi connectivity index (χ4v) is 2.88. The molecule has 29 heavy (non-hydrogen) atoms. The average molecular weight is 416 g/mol. The Kier molecular flexibility index (Phi) is 7.04. The molecule has 0 radical (unpaired) electrons. The topological polar surface area (TPSA) is 101 Å². The second-order valence-electron chi connectivity index (χ2n) is 6.30. The molecular formula is C20H22ClN5O3. The van der Waals surface area contributed by atoms with E-state index in [1.165, 1.54) is 4.80 Å². The second-order valence-corrected chi connectivity index (χ2v) is 6.74. The van der Waals surface area contributed by atoms with Crippen molar-refractivity contribution < 1.29 is 14.6 Å². The number of urea groups is 1. The van der Waals surface area contributed by atoms with Gasteiger partial charge in [0.05, 0.1) is 32.5 Å². The number of carbonyl (C=O) groups excluding carboxylic acids is 1. The van der Waals surface area contributed by atoms with Gasteiger partial charge in [-0.15, -0.1) is 0 Å². The number of anilines is 1. The van der Waals surface area contributed by atoms with Gasteiger partial charge in [-0.05, 0) is 48.4 Å². The molecule has 3 N–H and O–H groups in total. The number of nitrogens with one attached hydrogen (secondary N) is 2. The normalized spacial score (nSPS) is 11.7. The number of methoxy groups -OCH3 is 1. The van der Waals surface area contributed by atoms with Crippen molar-refractivity contribution in [1.82, 2.24) is 20.3 Å². The summed E-state index contributed by atoms with van der Waals surface area (Å²) in [5.74, 6) is 0.757. The van der Waals surface area contributed by atoms with E-state index in [9.17, 15) is 4.79 Å². The highest BCUT2D eigenvalue weighted by molar-refractivity contribution is 6.30. The summed E-state index contributed by atoms with van der Waals surface area (Å²) in [4.78, 5) is 13.9. The molecule has 1 atom stereocenters. The number of amides is 2. The third kappa shape index (κ3) is 5.94. The summed E-state index contributed by atoms with van der Waals surface area (Å²) in [7, 11) is 1.61. The van der Waals surface area contributed by atoms with Crippen molar-refractivity contribution >= 4 is 23.3 Å². The fraction of sp³-hybridized carbons (Fsp3) is 0.250. The van der Waals surface area contributed by atoms with Crippen LogP contribution in [0.2, 0.25) is 5.02 Å². The van der Waals surface area contributed by atoms with Crippen molar-refractivity contribution in [1.29, 1.82) is 0 Å². The van der Waals surface area contributed by atoms with E-state index in [0.29, 0.717) is 22.8 Å². The molecule has 0 aliphatic carbocycles. The summed E-state index contributed by atoms with van der Waals surface area (Å²) in [5, 5.41) is 23.9. The first-order valence-corrected chi connectivity index (χ1v) is 9.42. The van der Waals surface area contributed by atoms with Gasteiger partial charge in [-0.3, -0.25) is 0 Å². The van der Waals surface area contributed by atoms with Gasteiger partial charge in [0.1, 0.15) is 11.4 Å². The Morgan fingerprint density at radius 2 is 1.93 bits per heavy atom. The summed E-state index contributed by atoms with van der Waals surface area (Å²) in [5.41, 5.74) is 2.22. The Labute approximate surface area is 173 Å². The number of aliphatic hydroxyl groups is 1. The first kappa shape index (κ1) is 20.6. The van der Waals surface area contributed by atoms with Crippen molar-refractivity contribution in [3.63, 3.8) is 0 Å². The van der Waals surface area contributed by atoms with Crippen LogP contribution < -0.4 is 15.4 Å². The number of carbonyl (C=O) groups is 1. The van der Waals surface area contributed by atoms with Crippen LogP contribution in [0.1, 0.15) is 17.3 Å². The van der Waals surface area contributed by atoms with Crippen LogP contribution >= 0.6 is 11.6 Å². The quantitative estimate of drug-likeness (QED) is 0.525. The number of benzene rings is 2. The number of halogens is 1. The molecular weight excluding hydrogens is 394 g/mol. The molecule has 9 heteroatoms. The molecule has 0 aliphatic heterocycles. The fourth-order valence-electron chi connectivity index (χ4n) is 2.75. The number of aromatic nitrogens is 3. The first-order valence-electron chi connectivity index (χ1n) is 9.04. The number of hydrogen-bond acceptors (Lipinski definition) is 5. The zero-order chi connectivity index (χ0) is 20.6. The summed E-state index contributed by atoms with van der Waals surface area (Å²) in [6.45, 7) is 0.216. The molecule has 0 spiro atoms. The second kappa shape index (κ2) is 9.90. The molecule has 1 heterocycles. The van der Waals surface area contributed by atoms with Gasteiger partial charge < -0.3 is 20.5 Å². The monoisotopic (exact) mass is 415 g/mol. The van der Waals surface area contributed by atoms with Crippen molar-refractivity contribution in [3.05, 3.63) is 71.0 Å².